The predicted molar refractivity (Wildman–Crippen MR) is 110 cm³/mol. The second-order valence-corrected chi connectivity index (χ2v) is 7.97. The SMILES string of the molecule is N[C@@H](CC(=O)N1CCCC1CN1CCc2ccccc21)Cc1ccccc1F. The molecule has 0 bridgehead atoms. The number of likely N-dealkylation sites (tertiary alicyclic amines) is 1. The van der Waals surface area contributed by atoms with E-state index in [2.05, 4.69) is 29.2 Å². The molecule has 1 amide bonds. The van der Waals surface area contributed by atoms with Crippen LogP contribution in [0.4, 0.5) is 10.1 Å². The summed E-state index contributed by atoms with van der Waals surface area (Å²) in [6, 6.07) is 15.1. The lowest BCUT2D eigenvalue weighted by molar-refractivity contribution is -0.132. The second kappa shape index (κ2) is 8.31. The van der Waals surface area contributed by atoms with Crippen LogP contribution in [0.25, 0.3) is 0 Å². The Bertz CT molecular complexity index is 840. The minimum atomic E-state index is -0.363. The molecule has 2 aliphatic rings. The van der Waals surface area contributed by atoms with Gasteiger partial charge in [-0.3, -0.25) is 4.79 Å². The van der Waals surface area contributed by atoms with E-state index < -0.39 is 0 Å². The molecule has 1 fully saturated rings. The maximum atomic E-state index is 13.8. The van der Waals surface area contributed by atoms with Crippen molar-refractivity contribution in [2.75, 3.05) is 24.5 Å². The number of nitrogens with zero attached hydrogens (tertiary/aromatic N) is 2. The van der Waals surface area contributed by atoms with Crippen LogP contribution in [-0.2, 0) is 17.6 Å². The van der Waals surface area contributed by atoms with Gasteiger partial charge in [-0.05, 0) is 48.9 Å². The summed E-state index contributed by atoms with van der Waals surface area (Å²) in [5, 5.41) is 0. The van der Waals surface area contributed by atoms with Gasteiger partial charge < -0.3 is 15.5 Å². The predicted octanol–water partition coefficient (Wildman–Crippen LogP) is 3.14. The topological polar surface area (TPSA) is 49.6 Å². The number of para-hydroxylation sites is 1. The van der Waals surface area contributed by atoms with Crippen LogP contribution in [0, 0.1) is 5.82 Å². The summed E-state index contributed by atoms with van der Waals surface area (Å²) < 4.78 is 13.8. The Hall–Kier alpha value is -2.40. The average molecular weight is 381 g/mol. The number of hydrogen-bond donors (Lipinski definition) is 1. The smallest absolute Gasteiger partial charge is 0.224 e. The van der Waals surface area contributed by atoms with Crippen molar-refractivity contribution in [3.63, 3.8) is 0 Å². The normalized spacial score (nSPS) is 19.7. The molecule has 2 aromatic carbocycles. The van der Waals surface area contributed by atoms with E-state index in [9.17, 15) is 9.18 Å². The molecule has 2 aliphatic heterocycles. The van der Waals surface area contributed by atoms with E-state index in [1.807, 2.05) is 4.90 Å². The number of halogens is 1. The van der Waals surface area contributed by atoms with Crippen LogP contribution >= 0.6 is 0 Å². The number of fused-ring (bicyclic) bond motifs is 1. The molecule has 0 aliphatic carbocycles. The molecule has 28 heavy (non-hydrogen) atoms. The molecule has 0 radical (unpaired) electrons. The maximum Gasteiger partial charge on any atom is 0.224 e. The fourth-order valence-corrected chi connectivity index (χ4v) is 4.56. The van der Waals surface area contributed by atoms with Crippen LogP contribution in [0.5, 0.6) is 0 Å². The number of amides is 1. The highest BCUT2D eigenvalue weighted by Gasteiger charge is 2.32. The molecule has 2 atom stereocenters. The summed E-state index contributed by atoms with van der Waals surface area (Å²) in [4.78, 5) is 17.3. The first kappa shape index (κ1) is 18.9. The fraction of sp³-hybridized carbons (Fsp3) is 0.435. The van der Waals surface area contributed by atoms with Crippen molar-refractivity contribution in [2.24, 2.45) is 5.73 Å². The highest BCUT2D eigenvalue weighted by atomic mass is 19.1. The lowest BCUT2D eigenvalue weighted by Gasteiger charge is -2.30. The minimum Gasteiger partial charge on any atom is -0.369 e. The third kappa shape index (κ3) is 4.04. The summed E-state index contributed by atoms with van der Waals surface area (Å²) >= 11 is 0. The first-order valence-corrected chi connectivity index (χ1v) is 10.2. The first-order valence-electron chi connectivity index (χ1n) is 10.2. The van der Waals surface area contributed by atoms with E-state index in [1.54, 1.807) is 18.2 Å². The summed E-state index contributed by atoms with van der Waals surface area (Å²) in [5.41, 5.74) is 9.47. The van der Waals surface area contributed by atoms with Gasteiger partial charge in [-0.1, -0.05) is 36.4 Å². The Kier molecular flexibility index (Phi) is 5.62. The molecule has 4 rings (SSSR count). The Morgan fingerprint density at radius 2 is 1.93 bits per heavy atom. The van der Waals surface area contributed by atoms with Gasteiger partial charge in [-0.15, -0.1) is 0 Å². The van der Waals surface area contributed by atoms with E-state index in [1.165, 1.54) is 17.3 Å². The standard InChI is InChI=1S/C23H28FN3O/c24-21-9-3-1-7-18(21)14-19(25)15-23(28)27-12-5-8-20(27)16-26-13-11-17-6-2-4-10-22(17)26/h1-4,6-7,9-10,19-20H,5,8,11-16,25H2/t19-,20?/m1/s1. The van der Waals surface area contributed by atoms with Gasteiger partial charge in [0.25, 0.3) is 0 Å². The van der Waals surface area contributed by atoms with E-state index in [0.717, 1.165) is 38.9 Å². The molecule has 148 valence electrons. The lowest BCUT2D eigenvalue weighted by atomic mass is 10.0. The first-order chi connectivity index (χ1) is 13.6. The van der Waals surface area contributed by atoms with E-state index in [0.29, 0.717) is 12.0 Å². The van der Waals surface area contributed by atoms with Crippen molar-refractivity contribution < 1.29 is 9.18 Å². The Morgan fingerprint density at radius 3 is 2.79 bits per heavy atom. The van der Waals surface area contributed by atoms with Gasteiger partial charge >= 0.3 is 0 Å². The molecule has 2 N–H and O–H groups in total. The Morgan fingerprint density at radius 1 is 1.14 bits per heavy atom. The van der Waals surface area contributed by atoms with Gasteiger partial charge in [0.2, 0.25) is 5.91 Å². The number of rotatable bonds is 6. The van der Waals surface area contributed by atoms with E-state index in [4.69, 9.17) is 5.73 Å². The van der Waals surface area contributed by atoms with Crippen LogP contribution in [0.15, 0.2) is 48.5 Å². The number of carbonyl (C=O) groups excluding carboxylic acids is 1. The molecular formula is C23H28FN3O. The van der Waals surface area contributed by atoms with Crippen molar-refractivity contribution in [1.29, 1.82) is 0 Å². The molecule has 0 saturated carbocycles. The molecule has 2 heterocycles. The van der Waals surface area contributed by atoms with Crippen LogP contribution in [0.1, 0.15) is 30.4 Å². The highest BCUT2D eigenvalue weighted by molar-refractivity contribution is 5.77. The van der Waals surface area contributed by atoms with Crippen LogP contribution in [0.2, 0.25) is 0 Å². The second-order valence-electron chi connectivity index (χ2n) is 7.97. The molecule has 0 aromatic heterocycles. The molecule has 5 heteroatoms. The fourth-order valence-electron chi connectivity index (χ4n) is 4.56. The van der Waals surface area contributed by atoms with Crippen molar-refractivity contribution in [3.8, 4) is 0 Å². The zero-order chi connectivity index (χ0) is 19.5. The lowest BCUT2D eigenvalue weighted by Crippen LogP contribution is -2.44. The van der Waals surface area contributed by atoms with E-state index in [-0.39, 0.29) is 30.2 Å². The monoisotopic (exact) mass is 381 g/mol. The quantitative estimate of drug-likeness (QED) is 0.836. The maximum absolute atomic E-state index is 13.8. The third-order valence-electron chi connectivity index (χ3n) is 5.99. The van der Waals surface area contributed by atoms with Crippen LogP contribution in [-0.4, -0.2) is 42.5 Å². The van der Waals surface area contributed by atoms with Gasteiger partial charge in [-0.25, -0.2) is 4.39 Å². The molecule has 2 aromatic rings. The molecule has 0 spiro atoms. The van der Waals surface area contributed by atoms with Crippen molar-refractivity contribution in [3.05, 3.63) is 65.5 Å². The molecular weight excluding hydrogens is 353 g/mol. The van der Waals surface area contributed by atoms with Gasteiger partial charge in [0.15, 0.2) is 0 Å². The van der Waals surface area contributed by atoms with Crippen molar-refractivity contribution >= 4 is 11.6 Å². The summed E-state index contributed by atoms with van der Waals surface area (Å²) in [6.07, 6.45) is 3.80. The van der Waals surface area contributed by atoms with E-state index >= 15 is 0 Å². The largest absolute Gasteiger partial charge is 0.369 e. The number of benzene rings is 2. The van der Waals surface area contributed by atoms with Gasteiger partial charge in [0.1, 0.15) is 5.82 Å². The average Bonchev–Trinajstić information content (AvgIpc) is 3.31. The van der Waals surface area contributed by atoms with Gasteiger partial charge in [-0.2, -0.15) is 0 Å². The minimum absolute atomic E-state index is 0.0961. The van der Waals surface area contributed by atoms with Gasteiger partial charge in [0.05, 0.1) is 0 Å². The number of anilines is 1. The Balaban J connectivity index is 1.35. The number of hydrogen-bond acceptors (Lipinski definition) is 3. The highest BCUT2D eigenvalue weighted by Crippen LogP contribution is 2.30. The number of carbonyl (C=O) groups is 1. The van der Waals surface area contributed by atoms with Gasteiger partial charge in [0, 0.05) is 43.8 Å². The molecule has 1 saturated heterocycles. The molecule has 4 nitrogen and oxygen atoms in total. The third-order valence-corrected chi connectivity index (χ3v) is 5.99. The van der Waals surface area contributed by atoms with Crippen molar-refractivity contribution in [1.82, 2.24) is 4.90 Å². The summed E-state index contributed by atoms with van der Waals surface area (Å²) in [7, 11) is 0. The van der Waals surface area contributed by atoms with Crippen LogP contribution in [0.3, 0.4) is 0 Å². The van der Waals surface area contributed by atoms with Crippen molar-refractivity contribution in [2.45, 2.75) is 44.2 Å². The Labute approximate surface area is 166 Å². The summed E-state index contributed by atoms with van der Waals surface area (Å²) in [6.45, 7) is 2.70. The summed E-state index contributed by atoms with van der Waals surface area (Å²) in [5.74, 6) is -0.157. The van der Waals surface area contributed by atoms with Crippen LogP contribution < -0.4 is 10.6 Å². The number of nitrogens with two attached hydrogens (primary N) is 1. The zero-order valence-corrected chi connectivity index (χ0v) is 16.2. The zero-order valence-electron chi connectivity index (χ0n) is 16.2. The molecule has 1 unspecified atom stereocenters.